The molecule has 0 bridgehead atoms. The third-order valence-corrected chi connectivity index (χ3v) is 22.9. The van der Waals surface area contributed by atoms with Crippen molar-refractivity contribution >= 4 is 152 Å². The Hall–Kier alpha value is -15.1. The van der Waals surface area contributed by atoms with E-state index in [4.69, 9.17) is 19.9 Å². The van der Waals surface area contributed by atoms with Gasteiger partial charge in [0.2, 0.25) is 0 Å². The molecular formula is C104H64N8. The third kappa shape index (κ3) is 10.2. The molecule has 0 spiro atoms. The fourth-order valence-corrected chi connectivity index (χ4v) is 17.7. The van der Waals surface area contributed by atoms with Crippen LogP contribution in [0.15, 0.2) is 388 Å². The first kappa shape index (κ1) is 63.0. The minimum atomic E-state index is 0.708. The molecule has 0 saturated carbocycles. The Morgan fingerprint density at radius 2 is 0.473 bits per heavy atom. The molecule has 0 saturated heterocycles. The van der Waals surface area contributed by atoms with Crippen molar-refractivity contribution in [3.63, 3.8) is 0 Å². The van der Waals surface area contributed by atoms with Crippen LogP contribution in [0.5, 0.6) is 0 Å². The van der Waals surface area contributed by atoms with Crippen molar-refractivity contribution in [2.75, 3.05) is 0 Å². The Labute approximate surface area is 642 Å². The van der Waals surface area contributed by atoms with Crippen molar-refractivity contribution in [1.82, 2.24) is 38.2 Å². The van der Waals surface area contributed by atoms with Crippen LogP contribution in [-0.4, -0.2) is 38.2 Å². The summed E-state index contributed by atoms with van der Waals surface area (Å²) in [5.41, 5.74) is 21.8. The van der Waals surface area contributed by atoms with Crippen LogP contribution in [0.2, 0.25) is 0 Å². The van der Waals surface area contributed by atoms with E-state index in [0.29, 0.717) is 5.82 Å². The lowest BCUT2D eigenvalue weighted by atomic mass is 10.0. The van der Waals surface area contributed by atoms with E-state index in [1.165, 1.54) is 109 Å². The maximum absolute atomic E-state index is 5.25. The first-order valence-electron chi connectivity index (χ1n) is 38.1. The highest BCUT2D eigenvalue weighted by molar-refractivity contribution is 6.18. The number of rotatable bonds is 8. The second-order valence-corrected chi connectivity index (χ2v) is 29.3. The van der Waals surface area contributed by atoms with Crippen molar-refractivity contribution in [3.05, 3.63) is 388 Å². The lowest BCUT2D eigenvalue weighted by Crippen LogP contribution is -1.98. The van der Waals surface area contributed by atoms with Gasteiger partial charge in [0.15, 0.2) is 11.6 Å². The summed E-state index contributed by atoms with van der Waals surface area (Å²) < 4.78 is 9.64. The fraction of sp³-hybridized carbons (Fsp3) is 0. The molecular weight excluding hydrogens is 1360 g/mol. The van der Waals surface area contributed by atoms with E-state index in [-0.39, 0.29) is 0 Å². The molecule has 6 aromatic heterocycles. The van der Waals surface area contributed by atoms with Crippen molar-refractivity contribution in [1.29, 1.82) is 0 Å². The predicted octanol–water partition coefficient (Wildman–Crippen LogP) is 26.9. The van der Waals surface area contributed by atoms with E-state index in [1.807, 2.05) is 18.2 Å². The van der Waals surface area contributed by atoms with Crippen LogP contribution in [0.4, 0.5) is 0 Å². The smallest absolute Gasteiger partial charge is 0.160 e. The second kappa shape index (κ2) is 25.3. The summed E-state index contributed by atoms with van der Waals surface area (Å²) in [6, 6.07) is 140. The highest BCUT2D eigenvalue weighted by Gasteiger charge is 2.23. The molecule has 18 aromatic carbocycles. The van der Waals surface area contributed by atoms with Crippen LogP contribution in [-0.2, 0) is 0 Å². The SMILES string of the molecule is c1ccc(-c2nc(-c3cccc(-n4c5ccc(-n6c7ccccc7c7ccccc76)cc5c5cc6ccccc6cc54)c3)nc3ccccc23)cc1.c1ccc2cc(-c3nc(-c4ccc5cc(-n6c7ccc(-n8c9ccccc9c9ccccc98)cc7c7cc8ccccc8cc76)ccc5c4)nc4ccccc34)ccc2c1. The number of benzene rings is 18. The van der Waals surface area contributed by atoms with Gasteiger partial charge >= 0.3 is 0 Å². The zero-order chi connectivity index (χ0) is 73.5. The number of fused-ring (bicyclic) bond motifs is 18. The van der Waals surface area contributed by atoms with Gasteiger partial charge in [-0.1, -0.05) is 255 Å². The van der Waals surface area contributed by atoms with Gasteiger partial charge in [0.25, 0.3) is 0 Å². The maximum atomic E-state index is 5.25. The van der Waals surface area contributed by atoms with Gasteiger partial charge in [-0.15, -0.1) is 0 Å². The van der Waals surface area contributed by atoms with Crippen molar-refractivity contribution in [2.24, 2.45) is 0 Å². The normalized spacial score (nSPS) is 11.9. The van der Waals surface area contributed by atoms with E-state index < -0.39 is 0 Å². The molecule has 8 nitrogen and oxygen atoms in total. The fourth-order valence-electron chi connectivity index (χ4n) is 17.7. The van der Waals surface area contributed by atoms with Crippen molar-refractivity contribution < 1.29 is 0 Å². The lowest BCUT2D eigenvalue weighted by molar-refractivity contribution is 1.16. The molecule has 24 rings (SSSR count). The van der Waals surface area contributed by atoms with E-state index in [1.54, 1.807) is 0 Å². The van der Waals surface area contributed by atoms with Gasteiger partial charge in [-0.05, 0) is 177 Å². The minimum absolute atomic E-state index is 0.708. The number of hydrogen-bond donors (Lipinski definition) is 0. The summed E-state index contributed by atoms with van der Waals surface area (Å²) in [5, 5.41) is 21.6. The van der Waals surface area contributed by atoms with Crippen molar-refractivity contribution in [2.45, 2.75) is 0 Å². The molecule has 0 unspecified atom stereocenters. The lowest BCUT2D eigenvalue weighted by Gasteiger charge is -2.13. The van der Waals surface area contributed by atoms with Gasteiger partial charge in [0.05, 0.1) is 66.6 Å². The summed E-state index contributed by atoms with van der Waals surface area (Å²) in [6.07, 6.45) is 0. The molecule has 0 aliphatic carbocycles. The summed E-state index contributed by atoms with van der Waals surface area (Å²) in [7, 11) is 0. The molecule has 0 aliphatic rings. The Morgan fingerprint density at radius 1 is 0.152 bits per heavy atom. The van der Waals surface area contributed by atoms with E-state index in [0.717, 1.165) is 106 Å². The molecule has 0 aliphatic heterocycles. The maximum Gasteiger partial charge on any atom is 0.160 e. The zero-order valence-electron chi connectivity index (χ0n) is 60.5. The van der Waals surface area contributed by atoms with Crippen LogP contribution < -0.4 is 0 Å². The second-order valence-electron chi connectivity index (χ2n) is 29.3. The van der Waals surface area contributed by atoms with Crippen LogP contribution in [0.1, 0.15) is 0 Å². The first-order valence-corrected chi connectivity index (χ1v) is 38.1. The van der Waals surface area contributed by atoms with E-state index in [2.05, 4.69) is 388 Å². The summed E-state index contributed by atoms with van der Waals surface area (Å²) in [6.45, 7) is 0. The van der Waals surface area contributed by atoms with Crippen LogP contribution in [0.3, 0.4) is 0 Å². The van der Waals surface area contributed by atoms with E-state index >= 15 is 0 Å². The minimum Gasteiger partial charge on any atom is -0.309 e. The van der Waals surface area contributed by atoms with Gasteiger partial charge < -0.3 is 18.3 Å². The largest absolute Gasteiger partial charge is 0.309 e. The Balaban J connectivity index is 0.000000135. The predicted molar refractivity (Wildman–Crippen MR) is 468 cm³/mol. The third-order valence-electron chi connectivity index (χ3n) is 22.9. The topological polar surface area (TPSA) is 71.3 Å². The molecule has 0 atom stereocenters. The Bertz CT molecular complexity index is 7930. The summed E-state index contributed by atoms with van der Waals surface area (Å²) in [5.74, 6) is 1.43. The summed E-state index contributed by atoms with van der Waals surface area (Å²) >= 11 is 0. The highest BCUT2D eigenvalue weighted by atomic mass is 15.0. The molecule has 8 heteroatoms. The molecule has 0 radical (unpaired) electrons. The molecule has 6 heterocycles. The Morgan fingerprint density at radius 3 is 1.00 bits per heavy atom. The van der Waals surface area contributed by atoms with Gasteiger partial charge in [-0.25, -0.2) is 19.9 Å². The molecule has 24 aromatic rings. The first-order chi connectivity index (χ1) is 55.5. The Kier molecular flexibility index (Phi) is 14.2. The number of para-hydroxylation sites is 6. The van der Waals surface area contributed by atoms with Crippen LogP contribution >= 0.6 is 0 Å². The van der Waals surface area contributed by atoms with Gasteiger partial charge in [0.1, 0.15) is 0 Å². The summed E-state index contributed by atoms with van der Waals surface area (Å²) in [4.78, 5) is 20.6. The average molecular weight is 1430 g/mol. The highest BCUT2D eigenvalue weighted by Crippen LogP contribution is 2.43. The number of aromatic nitrogens is 8. The molecule has 0 fully saturated rings. The van der Waals surface area contributed by atoms with Crippen LogP contribution in [0, 0.1) is 0 Å². The molecule has 0 amide bonds. The van der Waals surface area contributed by atoms with Crippen LogP contribution in [0.25, 0.3) is 220 Å². The molecule has 520 valence electrons. The quantitative estimate of drug-likeness (QED) is 0.152. The van der Waals surface area contributed by atoms with Gasteiger partial charge in [-0.2, -0.15) is 0 Å². The van der Waals surface area contributed by atoms with Gasteiger partial charge in [-0.3, -0.25) is 0 Å². The van der Waals surface area contributed by atoms with Crippen molar-refractivity contribution in [3.8, 4) is 68.0 Å². The standard InChI is InChI=1S/C56H34N4.C48H30N4/c1-2-12-36-29-41(23-21-35(36)11-1)55-47-17-5-8-18-50(47)57-56(58-55)42-24-22-40-31-43(26-25-39(40)30-42)60-53-28-27-44(34-49(53)48-32-37-13-3-4-14-38(37)33-54(48)60)59-51-19-9-6-15-45(51)46-16-7-10-20-52(46)59;1-2-13-31(14-3-1)47-39-21-6-9-22-42(39)49-48(50-47)34-17-12-18-35(27-34)52-45-26-25-36(30-41(45)40-28-32-15-4-5-16-33(32)29-46(40)52)51-43-23-10-7-19-37(43)38-20-8-11-24-44(38)51/h1-34H;1-30H. The van der Waals surface area contributed by atoms with E-state index in [9.17, 15) is 0 Å². The number of hydrogen-bond acceptors (Lipinski definition) is 4. The molecule has 0 N–H and O–H groups in total. The molecule has 112 heavy (non-hydrogen) atoms. The average Bonchev–Trinajstić information content (AvgIpc) is 1.58. The zero-order valence-corrected chi connectivity index (χ0v) is 60.5. The monoisotopic (exact) mass is 1420 g/mol. The number of nitrogens with zero attached hydrogens (tertiary/aromatic N) is 8. The van der Waals surface area contributed by atoms with Gasteiger partial charge in [0, 0.05) is 98.9 Å².